The molecule has 0 aliphatic heterocycles. The van der Waals surface area contributed by atoms with Crippen LogP contribution in [0, 0.1) is 20.2 Å². The third kappa shape index (κ3) is 8.33. The minimum absolute atomic E-state index is 0.0335. The van der Waals surface area contributed by atoms with Crippen molar-refractivity contribution in [1.82, 2.24) is 0 Å². The molecule has 180 valence electrons. The lowest BCUT2D eigenvalue weighted by atomic mass is 9.89. The van der Waals surface area contributed by atoms with Gasteiger partial charge in [-0.05, 0) is 30.0 Å². The molecule has 0 saturated carbocycles. The van der Waals surface area contributed by atoms with E-state index in [-0.39, 0.29) is 29.1 Å². The second kappa shape index (κ2) is 10.5. The second-order valence-electron chi connectivity index (χ2n) is 7.28. The molecule has 0 amide bonds. The van der Waals surface area contributed by atoms with E-state index in [2.05, 4.69) is 0 Å². The molecule has 0 aliphatic carbocycles. The van der Waals surface area contributed by atoms with E-state index < -0.39 is 59.1 Å². The molecule has 0 saturated heterocycles. The van der Waals surface area contributed by atoms with Gasteiger partial charge in [0.15, 0.2) is 0 Å². The summed E-state index contributed by atoms with van der Waals surface area (Å²) in [6.45, 7) is 0. The van der Waals surface area contributed by atoms with E-state index in [0.717, 1.165) is 18.2 Å². The van der Waals surface area contributed by atoms with Gasteiger partial charge in [-0.25, -0.2) is 0 Å². The molecule has 12 nitrogen and oxygen atoms in total. The molecule has 0 aromatic heterocycles. The van der Waals surface area contributed by atoms with Crippen molar-refractivity contribution in [3.63, 3.8) is 0 Å². The fourth-order valence-electron chi connectivity index (χ4n) is 3.40. The van der Waals surface area contributed by atoms with Crippen LogP contribution >= 0.6 is 11.6 Å². The molecule has 0 aliphatic rings. The van der Waals surface area contributed by atoms with Crippen molar-refractivity contribution < 1.29 is 35.8 Å². The Hall–Kier alpha value is -2.65. The van der Waals surface area contributed by atoms with Crippen LogP contribution in [0.15, 0.2) is 42.5 Å². The van der Waals surface area contributed by atoms with Crippen molar-refractivity contribution in [2.75, 3.05) is 11.5 Å². The molecule has 2 atom stereocenters. The van der Waals surface area contributed by atoms with Crippen LogP contribution in [-0.4, -0.2) is 47.3 Å². The third-order valence-corrected chi connectivity index (χ3v) is 6.87. The Morgan fingerprint density at radius 3 is 1.67 bits per heavy atom. The summed E-state index contributed by atoms with van der Waals surface area (Å²) in [5, 5.41) is 21.8. The molecule has 0 bridgehead atoms. The molecular weight excluding hydrogens is 504 g/mol. The van der Waals surface area contributed by atoms with Crippen molar-refractivity contribution in [1.29, 1.82) is 0 Å². The fraction of sp³-hybridized carbons (Fsp3) is 0.333. The molecule has 2 N–H and O–H groups in total. The van der Waals surface area contributed by atoms with Gasteiger partial charge in [-0.1, -0.05) is 29.8 Å². The highest BCUT2D eigenvalue weighted by molar-refractivity contribution is 7.86. The van der Waals surface area contributed by atoms with Crippen molar-refractivity contribution in [3.8, 4) is 0 Å². The van der Waals surface area contributed by atoms with Gasteiger partial charge in [0.25, 0.3) is 31.6 Å². The maximum Gasteiger partial charge on any atom is 0.288 e. The Bertz CT molecular complexity index is 1250. The first-order valence-corrected chi connectivity index (χ1v) is 12.8. The van der Waals surface area contributed by atoms with Crippen molar-refractivity contribution in [2.24, 2.45) is 0 Å². The van der Waals surface area contributed by atoms with Crippen LogP contribution in [0.2, 0.25) is 5.02 Å². The van der Waals surface area contributed by atoms with Crippen molar-refractivity contribution >= 4 is 43.2 Å². The Morgan fingerprint density at radius 1 is 0.788 bits per heavy atom. The van der Waals surface area contributed by atoms with E-state index >= 15 is 0 Å². The highest BCUT2D eigenvalue weighted by atomic mass is 35.5. The fourth-order valence-corrected chi connectivity index (χ4v) is 5.32. The number of benzene rings is 2. The summed E-state index contributed by atoms with van der Waals surface area (Å²) in [4.78, 5) is 20.6. The van der Waals surface area contributed by atoms with Gasteiger partial charge in [0.05, 0.1) is 21.4 Å². The molecule has 2 rings (SSSR count). The number of rotatable bonds is 11. The topological polar surface area (TPSA) is 195 Å². The van der Waals surface area contributed by atoms with Crippen LogP contribution in [0.5, 0.6) is 0 Å². The van der Waals surface area contributed by atoms with Gasteiger partial charge in [-0.3, -0.25) is 29.3 Å². The molecular formula is C18H19ClN2O10S2. The lowest BCUT2D eigenvalue weighted by molar-refractivity contribution is -0.385. The van der Waals surface area contributed by atoms with Crippen LogP contribution in [0.25, 0.3) is 0 Å². The number of non-ortho nitro benzene ring substituents is 1. The summed E-state index contributed by atoms with van der Waals surface area (Å²) < 4.78 is 64.8. The first-order valence-electron chi connectivity index (χ1n) is 9.25. The second-order valence-corrected chi connectivity index (χ2v) is 10.7. The summed E-state index contributed by atoms with van der Waals surface area (Å²) in [5.41, 5.74) is -0.189. The van der Waals surface area contributed by atoms with E-state index in [1.807, 2.05) is 0 Å². The average Bonchev–Trinajstić information content (AvgIpc) is 2.68. The largest absolute Gasteiger partial charge is 0.288 e. The molecule has 0 spiro atoms. The van der Waals surface area contributed by atoms with E-state index in [1.165, 1.54) is 24.3 Å². The minimum Gasteiger partial charge on any atom is -0.286 e. The van der Waals surface area contributed by atoms with E-state index in [4.69, 9.17) is 11.6 Å². The number of nitrogens with zero attached hydrogens (tertiary/aromatic N) is 2. The number of hydrogen-bond acceptors (Lipinski definition) is 8. The number of nitro benzene ring substituents is 2. The molecule has 15 heteroatoms. The SMILES string of the molecule is O=[N+]([O-])c1ccc(C(CCC(CS(=O)(=O)O)c2ccc(Cl)c([N+](=O)[O-])c2)CS(=O)(=O)O)cc1. The summed E-state index contributed by atoms with van der Waals surface area (Å²) in [6.07, 6.45) is -0.0933. The number of hydrogen-bond donors (Lipinski definition) is 2. The number of nitro groups is 2. The lowest BCUT2D eigenvalue weighted by Gasteiger charge is -2.21. The molecule has 0 heterocycles. The summed E-state index contributed by atoms with van der Waals surface area (Å²) >= 11 is 5.79. The molecule has 33 heavy (non-hydrogen) atoms. The lowest BCUT2D eigenvalue weighted by Crippen LogP contribution is -2.18. The monoisotopic (exact) mass is 522 g/mol. The standard InChI is InChI=1S/C18H19ClN2O10S2/c19-17-8-5-13(9-18(17)21(24)25)15(11-33(29,30)31)2-1-14(10-32(26,27)28)12-3-6-16(7-4-12)20(22)23/h3-9,14-15H,1-2,10-11H2,(H,26,27,28)(H,29,30,31). The van der Waals surface area contributed by atoms with Gasteiger partial charge in [0.2, 0.25) is 0 Å². The highest BCUT2D eigenvalue weighted by Gasteiger charge is 2.26. The molecule has 2 aromatic rings. The molecule has 0 radical (unpaired) electrons. The van der Waals surface area contributed by atoms with Crippen molar-refractivity contribution in [2.45, 2.75) is 24.7 Å². The van der Waals surface area contributed by atoms with Crippen LogP contribution < -0.4 is 0 Å². The first-order chi connectivity index (χ1) is 15.2. The normalized spacial score (nSPS) is 13.9. The smallest absolute Gasteiger partial charge is 0.286 e. The minimum atomic E-state index is -4.52. The van der Waals surface area contributed by atoms with Crippen LogP contribution in [-0.2, 0) is 20.2 Å². The quantitative estimate of drug-likeness (QED) is 0.250. The van der Waals surface area contributed by atoms with Gasteiger partial charge in [-0.15, -0.1) is 0 Å². The zero-order chi connectivity index (χ0) is 25.0. The highest BCUT2D eigenvalue weighted by Crippen LogP contribution is 2.34. The first kappa shape index (κ1) is 26.6. The van der Waals surface area contributed by atoms with Gasteiger partial charge < -0.3 is 0 Å². The Kier molecular flexibility index (Phi) is 8.48. The predicted molar refractivity (Wildman–Crippen MR) is 119 cm³/mol. The summed E-state index contributed by atoms with van der Waals surface area (Å²) in [6, 6.07) is 8.58. The van der Waals surface area contributed by atoms with Gasteiger partial charge in [0, 0.05) is 30.0 Å². The zero-order valence-corrected chi connectivity index (χ0v) is 19.2. The van der Waals surface area contributed by atoms with Crippen LogP contribution in [0.3, 0.4) is 0 Å². The Balaban J connectivity index is 2.39. The van der Waals surface area contributed by atoms with E-state index in [0.29, 0.717) is 5.56 Å². The van der Waals surface area contributed by atoms with E-state index in [1.54, 1.807) is 0 Å². The third-order valence-electron chi connectivity index (χ3n) is 4.90. The maximum atomic E-state index is 11.5. The van der Waals surface area contributed by atoms with Gasteiger partial charge >= 0.3 is 0 Å². The average molecular weight is 523 g/mol. The Morgan fingerprint density at radius 2 is 1.24 bits per heavy atom. The zero-order valence-electron chi connectivity index (χ0n) is 16.8. The summed E-state index contributed by atoms with van der Waals surface area (Å²) in [5.74, 6) is -3.40. The molecule has 2 aromatic carbocycles. The van der Waals surface area contributed by atoms with Crippen molar-refractivity contribution in [3.05, 3.63) is 78.8 Å². The molecule has 2 unspecified atom stereocenters. The predicted octanol–water partition coefficient (Wildman–Crippen LogP) is 3.58. The van der Waals surface area contributed by atoms with Gasteiger partial charge in [-0.2, -0.15) is 16.8 Å². The van der Waals surface area contributed by atoms with Crippen LogP contribution in [0.4, 0.5) is 11.4 Å². The van der Waals surface area contributed by atoms with Gasteiger partial charge in [0.1, 0.15) is 5.02 Å². The number of halogens is 1. The van der Waals surface area contributed by atoms with Crippen LogP contribution in [0.1, 0.15) is 35.8 Å². The van der Waals surface area contributed by atoms with E-state index in [9.17, 15) is 46.2 Å². The Labute approximate surface area is 194 Å². The maximum absolute atomic E-state index is 11.5. The summed E-state index contributed by atoms with van der Waals surface area (Å²) in [7, 11) is -9.00. The molecule has 0 fully saturated rings.